The molecule has 1 amide bonds. The molecule has 0 spiro atoms. The van der Waals surface area contributed by atoms with Crippen molar-refractivity contribution in [2.24, 2.45) is 0 Å². The summed E-state index contributed by atoms with van der Waals surface area (Å²) < 4.78 is 7.69. The molecule has 0 aliphatic heterocycles. The molecular weight excluding hydrogens is 336 g/mol. The summed E-state index contributed by atoms with van der Waals surface area (Å²) in [6.45, 7) is 3.00. The lowest BCUT2D eigenvalue weighted by molar-refractivity contribution is -0.121. The number of benzene rings is 1. The van der Waals surface area contributed by atoms with Crippen molar-refractivity contribution in [1.82, 2.24) is 20.1 Å². The molecule has 0 radical (unpaired) electrons. The lowest BCUT2D eigenvalue weighted by atomic mass is 10.3. The van der Waals surface area contributed by atoms with Crippen molar-refractivity contribution in [3.8, 4) is 5.75 Å². The third-order valence-electron chi connectivity index (χ3n) is 3.12. The average molecular weight is 355 g/mol. The molecule has 0 atom stereocenters. The van der Waals surface area contributed by atoms with Crippen molar-refractivity contribution in [2.75, 3.05) is 13.2 Å². The molecule has 0 saturated heterocycles. The number of ether oxygens (including phenoxy) is 1. The van der Waals surface area contributed by atoms with Crippen LogP contribution in [-0.2, 0) is 17.8 Å². The molecule has 1 aromatic heterocycles. The van der Waals surface area contributed by atoms with E-state index in [4.69, 9.17) is 28.6 Å². The van der Waals surface area contributed by atoms with E-state index in [1.165, 1.54) is 0 Å². The van der Waals surface area contributed by atoms with Gasteiger partial charge < -0.3 is 10.1 Å². The second-order valence-electron chi connectivity index (χ2n) is 4.93. The number of aryl methyl sites for hydroxylation is 1. The third-order valence-corrected chi connectivity index (χ3v) is 3.68. The molecule has 2 rings (SSSR count). The van der Waals surface area contributed by atoms with Gasteiger partial charge in [-0.25, -0.2) is 0 Å². The molecule has 6 nitrogen and oxygen atoms in total. The lowest BCUT2D eigenvalue weighted by Crippen LogP contribution is -2.31. The predicted octanol–water partition coefficient (Wildman–Crippen LogP) is 2.74. The van der Waals surface area contributed by atoms with Crippen molar-refractivity contribution < 1.29 is 9.53 Å². The molecular formula is C15H19ClN4O2S. The fourth-order valence-corrected chi connectivity index (χ4v) is 2.36. The quantitative estimate of drug-likeness (QED) is 0.564. The van der Waals surface area contributed by atoms with Gasteiger partial charge in [-0.1, -0.05) is 18.5 Å². The molecule has 0 aliphatic rings. The fourth-order valence-electron chi connectivity index (χ4n) is 2.02. The Bertz CT molecular complexity index is 696. The number of halogens is 1. The highest BCUT2D eigenvalue weighted by Gasteiger charge is 2.09. The van der Waals surface area contributed by atoms with Gasteiger partial charge in [-0.15, -0.1) is 0 Å². The minimum atomic E-state index is -0.125. The number of carbonyl (C=O) groups is 1. The molecule has 2 N–H and O–H groups in total. The number of carbonyl (C=O) groups excluding carboxylic acids is 1. The van der Waals surface area contributed by atoms with Crippen molar-refractivity contribution in [1.29, 1.82) is 0 Å². The summed E-state index contributed by atoms with van der Waals surface area (Å²) in [4.78, 5) is 12.0. The van der Waals surface area contributed by atoms with Crippen LogP contribution < -0.4 is 10.1 Å². The predicted molar refractivity (Wildman–Crippen MR) is 91.4 cm³/mol. The topological polar surface area (TPSA) is 71.9 Å². The largest absolute Gasteiger partial charge is 0.492 e. The van der Waals surface area contributed by atoms with Crippen LogP contribution in [0.25, 0.3) is 0 Å². The Hall–Kier alpha value is -1.86. The van der Waals surface area contributed by atoms with Gasteiger partial charge >= 0.3 is 0 Å². The van der Waals surface area contributed by atoms with E-state index < -0.39 is 0 Å². The number of rotatable bonds is 8. The molecule has 0 unspecified atom stereocenters. The second kappa shape index (κ2) is 8.69. The van der Waals surface area contributed by atoms with Gasteiger partial charge in [-0.05, 0) is 42.9 Å². The summed E-state index contributed by atoms with van der Waals surface area (Å²) >= 11 is 10.9. The maximum atomic E-state index is 12.0. The highest BCUT2D eigenvalue weighted by Crippen LogP contribution is 2.15. The number of aromatic nitrogens is 3. The fraction of sp³-hybridized carbons (Fsp3) is 0.400. The van der Waals surface area contributed by atoms with Crippen LogP contribution in [0.1, 0.15) is 19.2 Å². The third kappa shape index (κ3) is 5.37. The molecule has 124 valence electrons. The molecule has 8 heteroatoms. The summed E-state index contributed by atoms with van der Waals surface area (Å²) in [5.74, 6) is 1.38. The zero-order valence-corrected chi connectivity index (χ0v) is 14.4. The Kier molecular flexibility index (Phi) is 6.61. The molecule has 0 bridgehead atoms. The van der Waals surface area contributed by atoms with Gasteiger partial charge in [0.05, 0.1) is 6.54 Å². The second-order valence-corrected chi connectivity index (χ2v) is 5.76. The van der Waals surface area contributed by atoms with Gasteiger partial charge in [0.25, 0.3) is 0 Å². The molecule has 2 aromatic rings. The Morgan fingerprint density at radius 3 is 2.87 bits per heavy atom. The zero-order valence-electron chi connectivity index (χ0n) is 12.8. The van der Waals surface area contributed by atoms with Crippen LogP contribution in [-0.4, -0.2) is 33.8 Å². The number of hydrogen-bond donors (Lipinski definition) is 2. The van der Waals surface area contributed by atoms with Gasteiger partial charge in [0.15, 0.2) is 4.77 Å². The van der Waals surface area contributed by atoms with Gasteiger partial charge in [0.1, 0.15) is 24.7 Å². The van der Waals surface area contributed by atoms with E-state index in [1.807, 2.05) is 0 Å². The Morgan fingerprint density at radius 2 is 2.17 bits per heavy atom. The van der Waals surface area contributed by atoms with Gasteiger partial charge in [0, 0.05) is 11.4 Å². The summed E-state index contributed by atoms with van der Waals surface area (Å²) in [6.07, 6.45) is 1.72. The van der Waals surface area contributed by atoms with E-state index in [2.05, 4.69) is 22.4 Å². The monoisotopic (exact) mass is 354 g/mol. The minimum Gasteiger partial charge on any atom is -0.492 e. The van der Waals surface area contributed by atoms with Crippen LogP contribution in [0.3, 0.4) is 0 Å². The SMILES string of the molecule is CCCc1n[nH]c(=S)n1CC(=O)NCCOc1ccc(Cl)cc1. The van der Waals surface area contributed by atoms with Crippen LogP contribution in [0.2, 0.25) is 5.02 Å². The van der Waals surface area contributed by atoms with E-state index in [0.717, 1.165) is 18.7 Å². The van der Waals surface area contributed by atoms with Crippen LogP contribution >= 0.6 is 23.8 Å². The Balaban J connectivity index is 1.76. The summed E-state index contributed by atoms with van der Waals surface area (Å²) in [5.41, 5.74) is 0. The van der Waals surface area contributed by atoms with Crippen molar-refractivity contribution in [3.05, 3.63) is 39.9 Å². The van der Waals surface area contributed by atoms with Gasteiger partial charge in [0.2, 0.25) is 5.91 Å². The summed E-state index contributed by atoms with van der Waals surface area (Å²) in [7, 11) is 0. The van der Waals surface area contributed by atoms with Crippen molar-refractivity contribution in [2.45, 2.75) is 26.3 Å². The number of H-pyrrole nitrogens is 1. The number of nitrogens with one attached hydrogen (secondary N) is 2. The smallest absolute Gasteiger partial charge is 0.240 e. The number of hydrogen-bond acceptors (Lipinski definition) is 4. The van der Waals surface area contributed by atoms with Gasteiger partial charge in [-0.3, -0.25) is 14.5 Å². The first kappa shape index (κ1) is 17.5. The molecule has 23 heavy (non-hydrogen) atoms. The van der Waals surface area contributed by atoms with Crippen molar-refractivity contribution in [3.63, 3.8) is 0 Å². The lowest BCUT2D eigenvalue weighted by Gasteiger charge is -2.09. The van der Waals surface area contributed by atoms with E-state index in [0.29, 0.717) is 28.7 Å². The highest BCUT2D eigenvalue weighted by atomic mass is 35.5. The number of amides is 1. The molecule has 1 aromatic carbocycles. The average Bonchev–Trinajstić information content (AvgIpc) is 2.87. The van der Waals surface area contributed by atoms with Crippen molar-refractivity contribution >= 4 is 29.7 Å². The van der Waals surface area contributed by atoms with E-state index in [-0.39, 0.29) is 12.5 Å². The van der Waals surface area contributed by atoms with Crippen LogP contribution in [0.15, 0.2) is 24.3 Å². The van der Waals surface area contributed by atoms with E-state index in [1.54, 1.807) is 28.8 Å². The molecule has 1 heterocycles. The molecule has 0 aliphatic carbocycles. The standard InChI is InChI=1S/C15H19ClN4O2S/c1-2-3-13-18-19-15(23)20(13)10-14(21)17-8-9-22-12-6-4-11(16)5-7-12/h4-7H,2-3,8-10H2,1H3,(H,17,21)(H,19,23). The van der Waals surface area contributed by atoms with Crippen LogP contribution in [0.4, 0.5) is 0 Å². The Labute approximate surface area is 144 Å². The Morgan fingerprint density at radius 1 is 1.43 bits per heavy atom. The maximum Gasteiger partial charge on any atom is 0.240 e. The van der Waals surface area contributed by atoms with Crippen LogP contribution in [0, 0.1) is 4.77 Å². The minimum absolute atomic E-state index is 0.125. The molecule has 0 fully saturated rings. The van der Waals surface area contributed by atoms with E-state index in [9.17, 15) is 4.79 Å². The zero-order chi connectivity index (χ0) is 16.7. The summed E-state index contributed by atoms with van der Waals surface area (Å²) in [6, 6.07) is 7.08. The highest BCUT2D eigenvalue weighted by molar-refractivity contribution is 7.71. The summed E-state index contributed by atoms with van der Waals surface area (Å²) in [5, 5.41) is 10.3. The van der Waals surface area contributed by atoms with Crippen LogP contribution in [0.5, 0.6) is 5.75 Å². The number of aromatic amines is 1. The first-order valence-corrected chi connectivity index (χ1v) is 8.18. The van der Waals surface area contributed by atoms with Gasteiger partial charge in [-0.2, -0.15) is 5.10 Å². The normalized spacial score (nSPS) is 10.5. The number of nitrogens with zero attached hydrogens (tertiary/aromatic N) is 2. The first-order chi connectivity index (χ1) is 11.1. The van der Waals surface area contributed by atoms with E-state index >= 15 is 0 Å². The maximum absolute atomic E-state index is 12.0. The first-order valence-electron chi connectivity index (χ1n) is 7.39. The molecule has 0 saturated carbocycles.